The van der Waals surface area contributed by atoms with E-state index in [0.717, 1.165) is 75.5 Å². The summed E-state index contributed by atoms with van der Waals surface area (Å²) < 4.78 is 17.0. The molecule has 6 heteroatoms. The lowest BCUT2D eigenvalue weighted by Crippen LogP contribution is -2.30. The first-order valence-corrected chi connectivity index (χ1v) is 32.1. The maximum atomic E-state index is 12.9. The van der Waals surface area contributed by atoms with Crippen molar-refractivity contribution in [3.63, 3.8) is 0 Å². The molecule has 2 atom stereocenters. The van der Waals surface area contributed by atoms with Gasteiger partial charge in [0.05, 0.1) is 0 Å². The molecule has 0 aliphatic heterocycles. The van der Waals surface area contributed by atoms with Crippen molar-refractivity contribution in [2.24, 2.45) is 17.8 Å². The number of esters is 3. The minimum absolute atomic E-state index is 0.0628. The van der Waals surface area contributed by atoms with Crippen molar-refractivity contribution in [2.75, 3.05) is 13.2 Å². The van der Waals surface area contributed by atoms with Gasteiger partial charge in [0.15, 0.2) is 6.10 Å². The van der Waals surface area contributed by atoms with Crippen LogP contribution in [0, 0.1) is 17.8 Å². The van der Waals surface area contributed by atoms with Gasteiger partial charge in [-0.25, -0.2) is 0 Å². The Bertz CT molecular complexity index is 1100. The van der Waals surface area contributed by atoms with E-state index in [1.54, 1.807) is 0 Å². The topological polar surface area (TPSA) is 78.9 Å². The molecule has 0 N–H and O–H groups in total. The van der Waals surface area contributed by atoms with E-state index in [1.165, 1.54) is 244 Å². The van der Waals surface area contributed by atoms with E-state index in [1.807, 2.05) is 0 Å². The third kappa shape index (κ3) is 57.5. The minimum atomic E-state index is -0.764. The number of unbranched alkanes of at least 4 members (excludes halogenated alkanes) is 40. The monoisotopic (exact) mass is 1000 g/mol. The summed E-state index contributed by atoms with van der Waals surface area (Å²) >= 11 is 0. The average molecular weight is 1000 g/mol. The van der Waals surface area contributed by atoms with Crippen molar-refractivity contribution >= 4 is 17.9 Å². The molecule has 0 saturated carbocycles. The first-order valence-electron chi connectivity index (χ1n) is 32.1. The summed E-state index contributed by atoms with van der Waals surface area (Å²) in [4.78, 5) is 38.3. The van der Waals surface area contributed by atoms with Gasteiger partial charge in [0.25, 0.3) is 0 Å². The Balaban J connectivity index is 4.25. The van der Waals surface area contributed by atoms with Crippen LogP contribution in [0.1, 0.15) is 363 Å². The van der Waals surface area contributed by atoms with Gasteiger partial charge < -0.3 is 14.2 Å². The third-order valence-electron chi connectivity index (χ3n) is 15.3. The number of hydrogen-bond acceptors (Lipinski definition) is 6. The summed E-state index contributed by atoms with van der Waals surface area (Å²) in [6.45, 7) is 13.8. The standard InChI is InChI=1S/C65H126O6/c1-7-61(6)53-47-41-35-29-22-18-14-10-8-9-11-15-20-24-32-38-44-50-56-65(68)71-62(58-70-64(67)55-49-43-37-31-26-25-28-34-40-46-52-60(4)5)57-69-63(66)54-48-42-36-30-23-19-16-12-13-17-21-27-33-39-45-51-59(2)3/h59-62H,7-58H2,1-6H3/t61?,62-/m0/s1. The maximum Gasteiger partial charge on any atom is 0.306 e. The molecular weight excluding hydrogens is 877 g/mol. The van der Waals surface area contributed by atoms with Gasteiger partial charge in [0.1, 0.15) is 13.2 Å². The first-order chi connectivity index (χ1) is 34.6. The molecule has 0 bridgehead atoms. The lowest BCUT2D eigenvalue weighted by atomic mass is 9.99. The number of hydrogen-bond donors (Lipinski definition) is 0. The Kier molecular flexibility index (Phi) is 54.9. The Labute approximate surface area is 444 Å². The van der Waals surface area contributed by atoms with Gasteiger partial charge in [0.2, 0.25) is 0 Å². The van der Waals surface area contributed by atoms with Crippen LogP contribution in [0.5, 0.6) is 0 Å². The van der Waals surface area contributed by atoms with Crippen LogP contribution in [0.4, 0.5) is 0 Å². The summed E-state index contributed by atoms with van der Waals surface area (Å²) in [5.41, 5.74) is 0. The molecule has 0 spiro atoms. The van der Waals surface area contributed by atoms with E-state index in [4.69, 9.17) is 14.2 Å². The molecule has 0 heterocycles. The van der Waals surface area contributed by atoms with Gasteiger partial charge in [0, 0.05) is 19.3 Å². The Morgan fingerprint density at radius 1 is 0.282 bits per heavy atom. The average Bonchev–Trinajstić information content (AvgIpc) is 3.35. The second kappa shape index (κ2) is 56.1. The van der Waals surface area contributed by atoms with Gasteiger partial charge in [-0.2, -0.15) is 0 Å². The highest BCUT2D eigenvalue weighted by molar-refractivity contribution is 5.71. The molecule has 0 fully saturated rings. The summed E-state index contributed by atoms with van der Waals surface area (Å²) in [6.07, 6.45) is 61.0. The smallest absolute Gasteiger partial charge is 0.306 e. The molecule has 0 aliphatic carbocycles. The van der Waals surface area contributed by atoms with Gasteiger partial charge in [-0.05, 0) is 37.0 Å². The normalized spacial score (nSPS) is 12.5. The van der Waals surface area contributed by atoms with Gasteiger partial charge in [-0.3, -0.25) is 14.4 Å². The fourth-order valence-electron chi connectivity index (χ4n) is 10.0. The van der Waals surface area contributed by atoms with Crippen LogP contribution in [0.2, 0.25) is 0 Å². The highest BCUT2D eigenvalue weighted by atomic mass is 16.6. The molecule has 0 rings (SSSR count). The van der Waals surface area contributed by atoms with Gasteiger partial charge in [-0.15, -0.1) is 0 Å². The predicted octanol–water partition coefficient (Wildman–Crippen LogP) is 21.5. The SMILES string of the molecule is CCC(C)CCCCCCCCCCCCCCCCCCCCC(=O)O[C@@H](COC(=O)CCCCCCCCCCCCCCCCCC(C)C)COC(=O)CCCCCCCCCCCCC(C)C. The van der Waals surface area contributed by atoms with Crippen LogP contribution in [0.15, 0.2) is 0 Å². The predicted molar refractivity (Wildman–Crippen MR) is 307 cm³/mol. The van der Waals surface area contributed by atoms with Crippen molar-refractivity contribution in [3.05, 3.63) is 0 Å². The largest absolute Gasteiger partial charge is 0.462 e. The number of ether oxygens (including phenoxy) is 3. The Morgan fingerprint density at radius 3 is 0.732 bits per heavy atom. The molecule has 0 aromatic carbocycles. The lowest BCUT2D eigenvalue weighted by molar-refractivity contribution is -0.167. The van der Waals surface area contributed by atoms with Crippen LogP contribution in [-0.2, 0) is 28.6 Å². The number of rotatable bonds is 58. The summed E-state index contributed by atoms with van der Waals surface area (Å²) in [5, 5.41) is 0. The highest BCUT2D eigenvalue weighted by Crippen LogP contribution is 2.19. The molecule has 0 aromatic heterocycles. The molecular formula is C65H126O6. The molecule has 0 aromatic rings. The van der Waals surface area contributed by atoms with Gasteiger partial charge in [-0.1, -0.05) is 324 Å². The van der Waals surface area contributed by atoms with Crippen LogP contribution < -0.4 is 0 Å². The molecule has 422 valence electrons. The fourth-order valence-corrected chi connectivity index (χ4v) is 10.0. The molecule has 0 aliphatic rings. The van der Waals surface area contributed by atoms with Crippen molar-refractivity contribution in [1.82, 2.24) is 0 Å². The van der Waals surface area contributed by atoms with Crippen molar-refractivity contribution in [3.8, 4) is 0 Å². The highest BCUT2D eigenvalue weighted by Gasteiger charge is 2.19. The molecule has 1 unspecified atom stereocenters. The maximum absolute atomic E-state index is 12.9. The number of carbonyl (C=O) groups excluding carboxylic acids is 3. The molecule has 71 heavy (non-hydrogen) atoms. The van der Waals surface area contributed by atoms with Crippen molar-refractivity contribution in [2.45, 2.75) is 369 Å². The number of carbonyl (C=O) groups is 3. The zero-order valence-corrected chi connectivity index (χ0v) is 49.0. The van der Waals surface area contributed by atoms with Crippen LogP contribution in [-0.4, -0.2) is 37.2 Å². The zero-order valence-electron chi connectivity index (χ0n) is 49.0. The quantitative estimate of drug-likeness (QED) is 0.0343. The second-order valence-corrected chi connectivity index (χ2v) is 23.6. The van der Waals surface area contributed by atoms with Crippen LogP contribution in [0.3, 0.4) is 0 Å². The lowest BCUT2D eigenvalue weighted by Gasteiger charge is -2.18. The molecule has 6 nitrogen and oxygen atoms in total. The van der Waals surface area contributed by atoms with Crippen LogP contribution >= 0.6 is 0 Å². The second-order valence-electron chi connectivity index (χ2n) is 23.6. The molecule has 0 radical (unpaired) electrons. The Morgan fingerprint density at radius 2 is 0.493 bits per heavy atom. The van der Waals surface area contributed by atoms with E-state index in [0.29, 0.717) is 19.3 Å². The van der Waals surface area contributed by atoms with E-state index in [-0.39, 0.29) is 31.1 Å². The molecule has 0 amide bonds. The van der Waals surface area contributed by atoms with E-state index < -0.39 is 6.10 Å². The fraction of sp³-hybridized carbons (Fsp3) is 0.954. The summed E-state index contributed by atoms with van der Waals surface area (Å²) in [5.74, 6) is 1.74. The van der Waals surface area contributed by atoms with Crippen molar-refractivity contribution in [1.29, 1.82) is 0 Å². The van der Waals surface area contributed by atoms with Crippen molar-refractivity contribution < 1.29 is 28.6 Å². The van der Waals surface area contributed by atoms with Crippen LogP contribution in [0.25, 0.3) is 0 Å². The van der Waals surface area contributed by atoms with E-state index >= 15 is 0 Å². The Hall–Kier alpha value is -1.59. The third-order valence-corrected chi connectivity index (χ3v) is 15.3. The summed E-state index contributed by atoms with van der Waals surface area (Å²) in [7, 11) is 0. The first kappa shape index (κ1) is 69.4. The van der Waals surface area contributed by atoms with Gasteiger partial charge >= 0.3 is 17.9 Å². The minimum Gasteiger partial charge on any atom is -0.462 e. The zero-order chi connectivity index (χ0) is 51.9. The summed E-state index contributed by atoms with van der Waals surface area (Å²) in [6, 6.07) is 0. The molecule has 0 saturated heterocycles. The van der Waals surface area contributed by atoms with E-state index in [9.17, 15) is 14.4 Å². The van der Waals surface area contributed by atoms with E-state index in [2.05, 4.69) is 41.5 Å².